The number of hydrogen-bond donors (Lipinski definition) is 2. The Morgan fingerprint density at radius 3 is 2.77 bits per heavy atom. The molecular formula is C22H20N2O6S. The van der Waals surface area contributed by atoms with Crippen molar-refractivity contribution in [1.82, 2.24) is 0 Å². The number of esters is 1. The molecule has 160 valence electrons. The first-order valence-electron chi connectivity index (χ1n) is 9.65. The Morgan fingerprint density at radius 1 is 1.13 bits per heavy atom. The van der Waals surface area contributed by atoms with Gasteiger partial charge in [0.25, 0.3) is 11.8 Å². The summed E-state index contributed by atoms with van der Waals surface area (Å²) >= 11 is 1.35. The van der Waals surface area contributed by atoms with Gasteiger partial charge >= 0.3 is 5.97 Å². The van der Waals surface area contributed by atoms with Crippen molar-refractivity contribution >= 4 is 39.8 Å². The zero-order chi connectivity index (χ0) is 21.8. The van der Waals surface area contributed by atoms with E-state index in [1.165, 1.54) is 30.8 Å². The molecule has 0 fully saturated rings. The second kappa shape index (κ2) is 9.05. The summed E-state index contributed by atoms with van der Waals surface area (Å²) in [5, 5.41) is 5.80. The lowest BCUT2D eigenvalue weighted by molar-refractivity contribution is -0.119. The summed E-state index contributed by atoms with van der Waals surface area (Å²) in [5.41, 5.74) is 1.72. The molecule has 2 heterocycles. The van der Waals surface area contributed by atoms with Gasteiger partial charge in [-0.2, -0.15) is 0 Å². The van der Waals surface area contributed by atoms with E-state index in [4.69, 9.17) is 13.9 Å². The van der Waals surface area contributed by atoms with E-state index >= 15 is 0 Å². The van der Waals surface area contributed by atoms with Gasteiger partial charge in [-0.3, -0.25) is 9.59 Å². The van der Waals surface area contributed by atoms with Crippen LogP contribution in [0.4, 0.5) is 10.7 Å². The fourth-order valence-electron chi connectivity index (χ4n) is 3.38. The second-order valence-electron chi connectivity index (χ2n) is 6.85. The van der Waals surface area contributed by atoms with Crippen molar-refractivity contribution in [2.45, 2.75) is 19.3 Å². The van der Waals surface area contributed by atoms with Crippen molar-refractivity contribution in [3.05, 3.63) is 64.4 Å². The van der Waals surface area contributed by atoms with E-state index in [0.29, 0.717) is 22.0 Å². The monoisotopic (exact) mass is 440 g/mol. The zero-order valence-corrected chi connectivity index (χ0v) is 17.5. The third-order valence-electron chi connectivity index (χ3n) is 4.79. The van der Waals surface area contributed by atoms with Gasteiger partial charge in [0.05, 0.1) is 18.9 Å². The number of anilines is 2. The standard InChI is InChI=1S/C22H20N2O6S/c1-28-14-6-2-5-13(11-14)23-18(25)12-30-22(27)19-15-7-3-9-17(15)31-21(19)24-20(26)16-8-4-10-29-16/h2,4-6,8,10-11H,3,7,9,12H2,1H3,(H,23,25)(H,24,26). The molecule has 0 aliphatic heterocycles. The largest absolute Gasteiger partial charge is 0.497 e. The van der Waals surface area contributed by atoms with Gasteiger partial charge < -0.3 is 24.5 Å². The molecule has 1 aliphatic rings. The number of carbonyl (C=O) groups is 3. The highest BCUT2D eigenvalue weighted by Crippen LogP contribution is 2.39. The number of rotatable bonds is 7. The summed E-state index contributed by atoms with van der Waals surface area (Å²) in [4.78, 5) is 38.5. The number of carbonyl (C=O) groups excluding carboxylic acids is 3. The summed E-state index contributed by atoms with van der Waals surface area (Å²) in [6.07, 6.45) is 3.90. The van der Waals surface area contributed by atoms with Crippen molar-refractivity contribution in [1.29, 1.82) is 0 Å². The van der Waals surface area contributed by atoms with E-state index in [-0.39, 0.29) is 5.76 Å². The van der Waals surface area contributed by atoms with E-state index in [1.54, 1.807) is 30.3 Å². The molecule has 0 atom stereocenters. The topological polar surface area (TPSA) is 107 Å². The van der Waals surface area contributed by atoms with Gasteiger partial charge in [0.1, 0.15) is 10.8 Å². The summed E-state index contributed by atoms with van der Waals surface area (Å²) in [6.45, 7) is -0.452. The first kappa shape index (κ1) is 20.7. The minimum atomic E-state index is -0.644. The van der Waals surface area contributed by atoms with E-state index < -0.39 is 24.4 Å². The third-order valence-corrected chi connectivity index (χ3v) is 5.99. The number of nitrogens with one attached hydrogen (secondary N) is 2. The molecule has 3 aromatic rings. The summed E-state index contributed by atoms with van der Waals surface area (Å²) in [5.74, 6) is -0.828. The molecule has 1 aliphatic carbocycles. The molecule has 9 heteroatoms. The second-order valence-corrected chi connectivity index (χ2v) is 7.95. The normalized spacial score (nSPS) is 12.2. The molecule has 0 saturated heterocycles. The summed E-state index contributed by atoms with van der Waals surface area (Å²) < 4.78 is 15.5. The Bertz CT molecular complexity index is 1120. The molecule has 2 aromatic heterocycles. The van der Waals surface area contributed by atoms with Crippen molar-refractivity contribution in [2.24, 2.45) is 0 Å². The number of aryl methyl sites for hydroxylation is 1. The maximum atomic E-state index is 12.8. The lowest BCUT2D eigenvalue weighted by atomic mass is 10.1. The predicted molar refractivity (Wildman–Crippen MR) is 115 cm³/mol. The minimum absolute atomic E-state index is 0.144. The fraction of sp³-hybridized carbons (Fsp3) is 0.227. The molecule has 4 rings (SSSR count). The maximum Gasteiger partial charge on any atom is 0.341 e. The number of ether oxygens (including phenoxy) is 2. The molecule has 2 N–H and O–H groups in total. The number of hydrogen-bond acceptors (Lipinski definition) is 7. The number of thiophene rings is 1. The maximum absolute atomic E-state index is 12.8. The summed E-state index contributed by atoms with van der Waals surface area (Å²) in [6, 6.07) is 10.0. The van der Waals surface area contributed by atoms with Gasteiger partial charge in [-0.05, 0) is 49.1 Å². The molecule has 0 radical (unpaired) electrons. The number of fused-ring (bicyclic) bond motifs is 1. The van der Waals surface area contributed by atoms with E-state index in [9.17, 15) is 14.4 Å². The smallest absolute Gasteiger partial charge is 0.341 e. The number of benzene rings is 1. The molecule has 31 heavy (non-hydrogen) atoms. The predicted octanol–water partition coefficient (Wildman–Crippen LogP) is 3.89. The molecule has 8 nitrogen and oxygen atoms in total. The first-order chi connectivity index (χ1) is 15.0. The van der Waals surface area contributed by atoms with Crippen LogP contribution in [0.1, 0.15) is 37.8 Å². The molecule has 0 bridgehead atoms. The van der Waals surface area contributed by atoms with Crippen molar-refractivity contribution in [3.8, 4) is 5.75 Å². The van der Waals surface area contributed by atoms with Crippen LogP contribution in [-0.4, -0.2) is 31.5 Å². The third kappa shape index (κ3) is 4.61. The van der Waals surface area contributed by atoms with E-state index in [1.807, 2.05) is 0 Å². The van der Waals surface area contributed by atoms with Gasteiger partial charge in [-0.25, -0.2) is 4.79 Å². The van der Waals surface area contributed by atoms with Crippen LogP contribution in [0, 0.1) is 0 Å². The summed E-state index contributed by atoms with van der Waals surface area (Å²) in [7, 11) is 1.53. The molecule has 0 unspecified atom stereocenters. The highest BCUT2D eigenvalue weighted by atomic mass is 32.1. The van der Waals surface area contributed by atoms with Crippen LogP contribution in [0.3, 0.4) is 0 Å². The molecule has 1 aromatic carbocycles. The lowest BCUT2D eigenvalue weighted by Gasteiger charge is -2.09. The van der Waals surface area contributed by atoms with Gasteiger partial charge in [-0.15, -0.1) is 11.3 Å². The number of amides is 2. The lowest BCUT2D eigenvalue weighted by Crippen LogP contribution is -2.22. The van der Waals surface area contributed by atoms with Crippen molar-refractivity contribution in [3.63, 3.8) is 0 Å². The SMILES string of the molecule is COc1cccc(NC(=O)COC(=O)c2c(NC(=O)c3ccco3)sc3c2CCC3)c1. The van der Waals surface area contributed by atoms with Gasteiger partial charge in [0, 0.05) is 16.6 Å². The zero-order valence-electron chi connectivity index (χ0n) is 16.7. The van der Waals surface area contributed by atoms with Crippen LogP contribution in [0.5, 0.6) is 5.75 Å². The van der Waals surface area contributed by atoms with Crippen molar-refractivity contribution in [2.75, 3.05) is 24.4 Å². The Morgan fingerprint density at radius 2 is 2.00 bits per heavy atom. The van der Waals surface area contributed by atoms with Crippen LogP contribution >= 0.6 is 11.3 Å². The van der Waals surface area contributed by atoms with Crippen molar-refractivity contribution < 1.29 is 28.3 Å². The van der Waals surface area contributed by atoms with Crippen LogP contribution in [0.25, 0.3) is 0 Å². The van der Waals surface area contributed by atoms with Crippen LogP contribution in [0.15, 0.2) is 47.1 Å². The highest BCUT2D eigenvalue weighted by molar-refractivity contribution is 7.17. The first-order valence-corrected chi connectivity index (χ1v) is 10.5. The van der Waals surface area contributed by atoms with Crippen LogP contribution in [-0.2, 0) is 22.4 Å². The minimum Gasteiger partial charge on any atom is -0.497 e. The molecule has 0 saturated carbocycles. The Labute approximate surface area is 182 Å². The van der Waals surface area contributed by atoms with E-state index in [2.05, 4.69) is 10.6 Å². The highest BCUT2D eigenvalue weighted by Gasteiger charge is 2.29. The Kier molecular flexibility index (Phi) is 6.03. The quantitative estimate of drug-likeness (QED) is 0.540. The van der Waals surface area contributed by atoms with Gasteiger partial charge in [0.15, 0.2) is 12.4 Å². The average Bonchev–Trinajstić information content (AvgIpc) is 3.50. The van der Waals surface area contributed by atoms with Crippen LogP contribution in [0.2, 0.25) is 0 Å². The Balaban J connectivity index is 1.44. The number of methoxy groups -OCH3 is 1. The molecular weight excluding hydrogens is 420 g/mol. The fourth-order valence-corrected chi connectivity index (χ4v) is 4.65. The Hall–Kier alpha value is -3.59. The van der Waals surface area contributed by atoms with E-state index in [0.717, 1.165) is 29.7 Å². The van der Waals surface area contributed by atoms with Gasteiger partial charge in [-0.1, -0.05) is 6.07 Å². The number of furan rings is 1. The molecule has 2 amide bonds. The van der Waals surface area contributed by atoms with Crippen LogP contribution < -0.4 is 15.4 Å². The average molecular weight is 440 g/mol. The van der Waals surface area contributed by atoms with Gasteiger partial charge in [0.2, 0.25) is 0 Å². The molecule has 0 spiro atoms.